The normalized spacial score (nSPS) is 12.2. The van der Waals surface area contributed by atoms with Gasteiger partial charge in [0.15, 0.2) is 0 Å². The molecule has 1 rings (SSSR count). The lowest BCUT2D eigenvalue weighted by Gasteiger charge is -2.28. The minimum atomic E-state index is -0.843. The minimum Gasteiger partial charge on any atom is -0.480 e. The van der Waals surface area contributed by atoms with Crippen molar-refractivity contribution in [2.75, 3.05) is 11.4 Å². The zero-order valence-corrected chi connectivity index (χ0v) is 11.5. The number of nitrogens with zero attached hydrogens (tertiary/aromatic N) is 3. The number of carboxylic acids is 1. The molecule has 0 aliphatic carbocycles. The zero-order chi connectivity index (χ0) is 13.7. The summed E-state index contributed by atoms with van der Waals surface area (Å²) in [7, 11) is 0. The van der Waals surface area contributed by atoms with Crippen molar-refractivity contribution in [1.82, 2.24) is 9.97 Å². The molecule has 100 valence electrons. The molecule has 0 aliphatic heterocycles. The number of anilines is 1. The van der Waals surface area contributed by atoms with E-state index in [-0.39, 0.29) is 12.6 Å². The third-order valence-corrected chi connectivity index (χ3v) is 2.96. The number of carboxylic acid groups (broad SMARTS) is 1. The molecule has 0 saturated heterocycles. The highest BCUT2D eigenvalue weighted by molar-refractivity contribution is 5.73. The Hall–Kier alpha value is -1.65. The second kappa shape index (κ2) is 6.33. The molecule has 1 unspecified atom stereocenters. The topological polar surface area (TPSA) is 66.3 Å². The van der Waals surface area contributed by atoms with Crippen LogP contribution in [-0.2, 0) is 11.2 Å². The molecule has 1 aromatic heterocycles. The summed E-state index contributed by atoms with van der Waals surface area (Å²) in [6.07, 6.45) is 1.69. The second-order valence-corrected chi connectivity index (χ2v) is 4.40. The molecule has 0 bridgehead atoms. The van der Waals surface area contributed by atoms with Crippen LogP contribution in [0.15, 0.2) is 6.07 Å². The van der Waals surface area contributed by atoms with Crippen molar-refractivity contribution in [2.24, 2.45) is 0 Å². The van der Waals surface area contributed by atoms with Crippen molar-refractivity contribution in [3.05, 3.63) is 17.6 Å². The Bertz CT molecular complexity index is 421. The van der Waals surface area contributed by atoms with Crippen LogP contribution in [0, 0.1) is 6.92 Å². The summed E-state index contributed by atoms with van der Waals surface area (Å²) >= 11 is 0. The van der Waals surface area contributed by atoms with Crippen molar-refractivity contribution in [1.29, 1.82) is 0 Å². The van der Waals surface area contributed by atoms with E-state index < -0.39 is 5.97 Å². The van der Waals surface area contributed by atoms with E-state index >= 15 is 0 Å². The van der Waals surface area contributed by atoms with E-state index in [1.54, 1.807) is 0 Å². The largest absolute Gasteiger partial charge is 0.480 e. The molecule has 0 aliphatic rings. The monoisotopic (exact) mass is 251 g/mol. The predicted molar refractivity (Wildman–Crippen MR) is 70.9 cm³/mol. The number of hydrogen-bond acceptors (Lipinski definition) is 4. The molecule has 5 nitrogen and oxygen atoms in total. The smallest absolute Gasteiger partial charge is 0.323 e. The molecular formula is C13H21N3O2. The molecule has 0 fully saturated rings. The molecular weight excluding hydrogens is 230 g/mol. The lowest BCUT2D eigenvalue weighted by Crippen LogP contribution is -2.38. The van der Waals surface area contributed by atoms with Crippen molar-refractivity contribution in [2.45, 2.75) is 46.6 Å². The Morgan fingerprint density at radius 1 is 1.44 bits per heavy atom. The molecule has 0 spiro atoms. The van der Waals surface area contributed by atoms with Gasteiger partial charge in [0.2, 0.25) is 0 Å². The maximum absolute atomic E-state index is 11.0. The van der Waals surface area contributed by atoms with E-state index in [4.69, 9.17) is 5.11 Å². The van der Waals surface area contributed by atoms with Crippen LogP contribution in [0.4, 0.5) is 5.82 Å². The van der Waals surface area contributed by atoms with Crippen LogP contribution in [-0.4, -0.2) is 33.6 Å². The van der Waals surface area contributed by atoms with Crippen LogP contribution < -0.4 is 4.90 Å². The molecule has 18 heavy (non-hydrogen) atoms. The van der Waals surface area contributed by atoms with E-state index in [1.807, 2.05) is 38.7 Å². The van der Waals surface area contributed by atoms with Crippen LogP contribution in [0.2, 0.25) is 0 Å². The van der Waals surface area contributed by atoms with Crippen molar-refractivity contribution < 1.29 is 9.90 Å². The fourth-order valence-electron chi connectivity index (χ4n) is 1.77. The third-order valence-electron chi connectivity index (χ3n) is 2.96. The number of carbonyl (C=O) groups is 1. The average molecular weight is 251 g/mol. The summed E-state index contributed by atoms with van der Waals surface area (Å²) in [4.78, 5) is 21.4. The summed E-state index contributed by atoms with van der Waals surface area (Å²) in [5.41, 5.74) is 0.941. The van der Waals surface area contributed by atoms with Gasteiger partial charge < -0.3 is 10.0 Å². The van der Waals surface area contributed by atoms with Gasteiger partial charge in [-0.25, -0.2) is 9.97 Å². The van der Waals surface area contributed by atoms with Gasteiger partial charge in [-0.15, -0.1) is 0 Å². The highest BCUT2D eigenvalue weighted by atomic mass is 16.4. The number of hydrogen-bond donors (Lipinski definition) is 1. The number of rotatable bonds is 6. The molecule has 1 aromatic rings. The number of aliphatic carboxylic acids is 1. The standard InChI is InChI=1S/C13H21N3O2/c1-5-9(3)16(8-13(17)18)12-7-11(6-2)14-10(4)15-12/h7,9H,5-6,8H2,1-4H3,(H,17,18). The fourth-order valence-corrected chi connectivity index (χ4v) is 1.77. The van der Waals surface area contributed by atoms with E-state index in [2.05, 4.69) is 9.97 Å². The number of aromatic nitrogens is 2. The summed E-state index contributed by atoms with van der Waals surface area (Å²) in [5.74, 6) is 0.545. The Balaban J connectivity index is 3.11. The van der Waals surface area contributed by atoms with Crippen LogP contribution in [0.3, 0.4) is 0 Å². The molecule has 0 radical (unpaired) electrons. The average Bonchev–Trinajstić information content (AvgIpc) is 2.33. The second-order valence-electron chi connectivity index (χ2n) is 4.40. The van der Waals surface area contributed by atoms with Gasteiger partial charge >= 0.3 is 5.97 Å². The first kappa shape index (κ1) is 14.4. The van der Waals surface area contributed by atoms with Gasteiger partial charge in [0, 0.05) is 17.8 Å². The van der Waals surface area contributed by atoms with Crippen LogP contribution >= 0.6 is 0 Å². The van der Waals surface area contributed by atoms with Gasteiger partial charge in [-0.3, -0.25) is 4.79 Å². The van der Waals surface area contributed by atoms with Crippen LogP contribution in [0.5, 0.6) is 0 Å². The Morgan fingerprint density at radius 2 is 2.11 bits per heavy atom. The Morgan fingerprint density at radius 3 is 2.61 bits per heavy atom. The van der Waals surface area contributed by atoms with E-state index in [9.17, 15) is 4.79 Å². The molecule has 0 saturated carbocycles. The molecule has 0 amide bonds. The zero-order valence-electron chi connectivity index (χ0n) is 11.5. The SMILES string of the molecule is CCc1cc(N(CC(=O)O)C(C)CC)nc(C)n1. The van der Waals surface area contributed by atoms with Crippen molar-refractivity contribution >= 4 is 11.8 Å². The summed E-state index contributed by atoms with van der Waals surface area (Å²) < 4.78 is 0. The van der Waals surface area contributed by atoms with E-state index in [1.165, 1.54) is 0 Å². The quantitative estimate of drug-likeness (QED) is 0.838. The summed E-state index contributed by atoms with van der Waals surface area (Å²) in [5, 5.41) is 9.00. The summed E-state index contributed by atoms with van der Waals surface area (Å²) in [6.45, 7) is 7.86. The summed E-state index contributed by atoms with van der Waals surface area (Å²) in [6, 6.07) is 2.02. The van der Waals surface area contributed by atoms with Crippen LogP contribution in [0.25, 0.3) is 0 Å². The Kier molecular flexibility index (Phi) is 5.07. The van der Waals surface area contributed by atoms with Crippen molar-refractivity contribution in [3.63, 3.8) is 0 Å². The third kappa shape index (κ3) is 3.68. The maximum atomic E-state index is 11.0. The first-order valence-electron chi connectivity index (χ1n) is 6.30. The van der Waals surface area contributed by atoms with Gasteiger partial charge in [0.25, 0.3) is 0 Å². The lowest BCUT2D eigenvalue weighted by atomic mass is 10.2. The molecule has 0 aromatic carbocycles. The fraction of sp³-hybridized carbons (Fsp3) is 0.615. The first-order valence-corrected chi connectivity index (χ1v) is 6.30. The van der Waals surface area contributed by atoms with E-state index in [0.29, 0.717) is 11.6 Å². The van der Waals surface area contributed by atoms with Gasteiger partial charge in [-0.2, -0.15) is 0 Å². The molecule has 1 atom stereocenters. The van der Waals surface area contributed by atoms with Gasteiger partial charge in [-0.05, 0) is 26.7 Å². The maximum Gasteiger partial charge on any atom is 0.323 e. The van der Waals surface area contributed by atoms with Gasteiger partial charge in [-0.1, -0.05) is 13.8 Å². The molecule has 1 N–H and O–H groups in total. The number of aryl methyl sites for hydroxylation is 2. The Labute approximate surface area is 108 Å². The molecule has 1 heterocycles. The minimum absolute atomic E-state index is 0.0331. The highest BCUT2D eigenvalue weighted by Gasteiger charge is 2.18. The van der Waals surface area contributed by atoms with Crippen LogP contribution in [0.1, 0.15) is 38.7 Å². The van der Waals surface area contributed by atoms with Crippen molar-refractivity contribution in [3.8, 4) is 0 Å². The predicted octanol–water partition coefficient (Wildman–Crippen LogP) is 2.04. The lowest BCUT2D eigenvalue weighted by molar-refractivity contribution is -0.135. The first-order chi connectivity index (χ1) is 8.47. The highest BCUT2D eigenvalue weighted by Crippen LogP contribution is 2.17. The van der Waals surface area contributed by atoms with Gasteiger partial charge in [0.05, 0.1) is 0 Å². The molecule has 5 heteroatoms. The van der Waals surface area contributed by atoms with E-state index in [0.717, 1.165) is 18.5 Å². The van der Waals surface area contributed by atoms with Gasteiger partial charge in [0.1, 0.15) is 18.2 Å².